The van der Waals surface area contributed by atoms with Gasteiger partial charge in [0.2, 0.25) is 0 Å². The summed E-state index contributed by atoms with van der Waals surface area (Å²) in [6, 6.07) is 4.44. The normalized spacial score (nSPS) is 11.5. The molecule has 0 unspecified atom stereocenters. The molecule has 15 heavy (non-hydrogen) atoms. The molecule has 0 aliphatic carbocycles. The number of carbonyl (C=O) groups excluding carboxylic acids is 1. The maximum absolute atomic E-state index is 13.0. The summed E-state index contributed by atoms with van der Waals surface area (Å²) in [7, 11) is 0. The third-order valence-electron chi connectivity index (χ3n) is 2.38. The molecule has 0 aliphatic heterocycles. The van der Waals surface area contributed by atoms with E-state index in [9.17, 15) is 9.18 Å². The van der Waals surface area contributed by atoms with E-state index < -0.39 is 5.54 Å². The van der Waals surface area contributed by atoms with E-state index in [0.717, 1.165) is 5.56 Å². The van der Waals surface area contributed by atoms with Crippen LogP contribution >= 0.6 is 0 Å². The second-order valence-electron chi connectivity index (χ2n) is 4.39. The molecule has 0 atom stereocenters. The molecule has 0 heterocycles. The summed E-state index contributed by atoms with van der Waals surface area (Å²) in [5, 5.41) is 0. The first kappa shape index (κ1) is 11.9. The molecule has 0 radical (unpaired) electrons. The van der Waals surface area contributed by atoms with Crippen LogP contribution in [0.3, 0.4) is 0 Å². The molecule has 0 aliphatic rings. The van der Waals surface area contributed by atoms with Crippen molar-refractivity contribution in [3.05, 3.63) is 35.1 Å². The lowest BCUT2D eigenvalue weighted by atomic mass is 9.93. The second-order valence-corrected chi connectivity index (χ2v) is 4.39. The van der Waals surface area contributed by atoms with Crippen LogP contribution in [0.1, 0.15) is 25.0 Å². The van der Waals surface area contributed by atoms with Gasteiger partial charge < -0.3 is 5.73 Å². The fourth-order valence-corrected chi connectivity index (χ4v) is 1.23. The molecule has 1 aromatic rings. The fraction of sp³-hybridized carbons (Fsp3) is 0.417. The Morgan fingerprint density at radius 1 is 1.47 bits per heavy atom. The number of hydrogen-bond acceptors (Lipinski definition) is 2. The van der Waals surface area contributed by atoms with Gasteiger partial charge in [0.05, 0.1) is 5.54 Å². The molecule has 0 fully saturated rings. The zero-order valence-electron chi connectivity index (χ0n) is 9.30. The molecule has 0 aromatic heterocycles. The summed E-state index contributed by atoms with van der Waals surface area (Å²) in [6.45, 7) is 5.17. The molecule has 0 amide bonds. The van der Waals surface area contributed by atoms with Gasteiger partial charge in [-0.1, -0.05) is 6.07 Å². The maximum Gasteiger partial charge on any atom is 0.156 e. The van der Waals surface area contributed by atoms with Crippen LogP contribution in [-0.4, -0.2) is 11.3 Å². The van der Waals surface area contributed by atoms with Gasteiger partial charge in [0.1, 0.15) is 5.82 Å². The minimum Gasteiger partial charge on any atom is -0.319 e. The molecule has 82 valence electrons. The van der Waals surface area contributed by atoms with E-state index in [4.69, 9.17) is 5.73 Å². The van der Waals surface area contributed by atoms with Crippen molar-refractivity contribution >= 4 is 5.78 Å². The molecule has 1 aromatic carbocycles. The standard InChI is InChI=1S/C12H16FNO/c1-8-4-5-10(13)6-9(8)7-11(15)12(2,3)14/h4-6H,7,14H2,1-3H3. The smallest absolute Gasteiger partial charge is 0.156 e. The van der Waals surface area contributed by atoms with Gasteiger partial charge in [-0.3, -0.25) is 4.79 Å². The third-order valence-corrected chi connectivity index (χ3v) is 2.38. The van der Waals surface area contributed by atoms with Crippen molar-refractivity contribution in [3.63, 3.8) is 0 Å². The van der Waals surface area contributed by atoms with Crippen molar-refractivity contribution in [3.8, 4) is 0 Å². The number of halogens is 1. The highest BCUT2D eigenvalue weighted by atomic mass is 19.1. The Hall–Kier alpha value is -1.22. The van der Waals surface area contributed by atoms with E-state index in [1.165, 1.54) is 12.1 Å². The van der Waals surface area contributed by atoms with Crippen LogP contribution < -0.4 is 5.73 Å². The number of ketones is 1. The van der Waals surface area contributed by atoms with E-state index in [0.29, 0.717) is 5.56 Å². The van der Waals surface area contributed by atoms with Gasteiger partial charge in [0.15, 0.2) is 5.78 Å². The summed E-state index contributed by atoms with van der Waals surface area (Å²) >= 11 is 0. The zero-order chi connectivity index (χ0) is 11.6. The fourth-order valence-electron chi connectivity index (χ4n) is 1.23. The number of Topliss-reactive ketones (excluding diaryl/α,β-unsaturated/α-hetero) is 1. The summed E-state index contributed by atoms with van der Waals surface area (Å²) in [5.41, 5.74) is 6.43. The van der Waals surface area contributed by atoms with Crippen molar-refractivity contribution in [2.24, 2.45) is 5.73 Å². The molecule has 2 N–H and O–H groups in total. The number of benzene rings is 1. The van der Waals surface area contributed by atoms with E-state index >= 15 is 0 Å². The Morgan fingerprint density at radius 2 is 2.07 bits per heavy atom. The van der Waals surface area contributed by atoms with Gasteiger partial charge in [-0.15, -0.1) is 0 Å². The van der Waals surface area contributed by atoms with Crippen molar-refractivity contribution in [2.75, 3.05) is 0 Å². The lowest BCUT2D eigenvalue weighted by molar-refractivity contribution is -0.122. The number of carbonyl (C=O) groups is 1. The Morgan fingerprint density at radius 3 is 2.60 bits per heavy atom. The van der Waals surface area contributed by atoms with Crippen LogP contribution in [0.15, 0.2) is 18.2 Å². The molecular formula is C12H16FNO. The number of rotatable bonds is 3. The van der Waals surface area contributed by atoms with Crippen LogP contribution in [0.4, 0.5) is 4.39 Å². The topological polar surface area (TPSA) is 43.1 Å². The van der Waals surface area contributed by atoms with E-state index in [1.54, 1.807) is 19.9 Å². The minimum absolute atomic E-state index is 0.0869. The summed E-state index contributed by atoms with van der Waals surface area (Å²) in [4.78, 5) is 11.7. The minimum atomic E-state index is -0.862. The van der Waals surface area contributed by atoms with Crippen molar-refractivity contribution in [1.29, 1.82) is 0 Å². The van der Waals surface area contributed by atoms with Gasteiger partial charge in [-0.2, -0.15) is 0 Å². The highest BCUT2D eigenvalue weighted by Gasteiger charge is 2.22. The largest absolute Gasteiger partial charge is 0.319 e. The Labute approximate surface area is 89.3 Å². The predicted molar refractivity (Wildman–Crippen MR) is 58.1 cm³/mol. The van der Waals surface area contributed by atoms with Crippen LogP contribution in [0.2, 0.25) is 0 Å². The maximum atomic E-state index is 13.0. The van der Waals surface area contributed by atoms with Crippen LogP contribution in [-0.2, 0) is 11.2 Å². The van der Waals surface area contributed by atoms with Crippen molar-refractivity contribution in [1.82, 2.24) is 0 Å². The predicted octanol–water partition coefficient (Wildman–Crippen LogP) is 1.98. The zero-order valence-corrected chi connectivity index (χ0v) is 9.30. The molecule has 0 spiro atoms. The molecular weight excluding hydrogens is 193 g/mol. The van der Waals surface area contributed by atoms with Gasteiger partial charge in [-0.05, 0) is 44.0 Å². The quantitative estimate of drug-likeness (QED) is 0.827. The van der Waals surface area contributed by atoms with Crippen LogP contribution in [0, 0.1) is 12.7 Å². The highest BCUT2D eigenvalue weighted by Crippen LogP contribution is 2.13. The average Bonchev–Trinajstić information content (AvgIpc) is 2.09. The lowest BCUT2D eigenvalue weighted by Gasteiger charge is -2.17. The first-order valence-electron chi connectivity index (χ1n) is 4.88. The van der Waals surface area contributed by atoms with E-state index in [1.807, 2.05) is 6.92 Å². The monoisotopic (exact) mass is 209 g/mol. The number of aryl methyl sites for hydroxylation is 1. The molecule has 2 nitrogen and oxygen atoms in total. The Balaban J connectivity index is 2.90. The molecule has 0 saturated carbocycles. The molecule has 1 rings (SSSR count). The first-order chi connectivity index (χ1) is 6.80. The lowest BCUT2D eigenvalue weighted by Crippen LogP contribution is -2.42. The van der Waals surface area contributed by atoms with Crippen molar-refractivity contribution in [2.45, 2.75) is 32.7 Å². The van der Waals surface area contributed by atoms with Gasteiger partial charge in [-0.25, -0.2) is 4.39 Å². The SMILES string of the molecule is Cc1ccc(F)cc1CC(=O)C(C)(C)N. The van der Waals surface area contributed by atoms with Crippen molar-refractivity contribution < 1.29 is 9.18 Å². The van der Waals surface area contributed by atoms with Gasteiger partial charge in [0, 0.05) is 6.42 Å². The van der Waals surface area contributed by atoms with Crippen LogP contribution in [0.5, 0.6) is 0 Å². The van der Waals surface area contributed by atoms with Crippen LogP contribution in [0.25, 0.3) is 0 Å². The summed E-state index contributed by atoms with van der Waals surface area (Å²) < 4.78 is 13.0. The summed E-state index contributed by atoms with van der Waals surface area (Å²) in [5.74, 6) is -0.408. The second kappa shape index (κ2) is 4.11. The van der Waals surface area contributed by atoms with E-state index in [-0.39, 0.29) is 18.0 Å². The number of hydrogen-bond donors (Lipinski definition) is 1. The van der Waals surface area contributed by atoms with E-state index in [2.05, 4.69) is 0 Å². The number of nitrogens with two attached hydrogens (primary N) is 1. The molecule has 3 heteroatoms. The average molecular weight is 209 g/mol. The Kier molecular flexibility index (Phi) is 3.25. The highest BCUT2D eigenvalue weighted by molar-refractivity contribution is 5.89. The first-order valence-corrected chi connectivity index (χ1v) is 4.88. The molecule has 0 bridgehead atoms. The van der Waals surface area contributed by atoms with Gasteiger partial charge in [0.25, 0.3) is 0 Å². The molecule has 0 saturated heterocycles. The third kappa shape index (κ3) is 3.13. The Bertz CT molecular complexity index is 380. The van der Waals surface area contributed by atoms with Gasteiger partial charge >= 0.3 is 0 Å². The summed E-state index contributed by atoms with van der Waals surface area (Å²) in [6.07, 6.45) is 0.188.